The highest BCUT2D eigenvalue weighted by Gasteiger charge is 2.41. The number of piperidine rings is 1. The molecule has 0 amide bonds. The van der Waals surface area contributed by atoms with Crippen molar-refractivity contribution in [1.82, 2.24) is 5.32 Å². The number of carbonyl (C=O) groups excluding carboxylic acids is 1. The Balaban J connectivity index is 2.25. The van der Waals surface area contributed by atoms with Crippen molar-refractivity contribution in [3.05, 3.63) is 0 Å². The molecular formula is C10H16F3NO2. The van der Waals surface area contributed by atoms with Crippen molar-refractivity contribution in [1.29, 1.82) is 0 Å². The van der Waals surface area contributed by atoms with Gasteiger partial charge in [-0.15, -0.1) is 0 Å². The highest BCUT2D eigenvalue weighted by Crippen LogP contribution is 2.29. The van der Waals surface area contributed by atoms with E-state index in [1.807, 2.05) is 0 Å². The van der Waals surface area contributed by atoms with Crippen LogP contribution in [0.2, 0.25) is 0 Å². The molecule has 1 N–H and O–H groups in total. The van der Waals surface area contributed by atoms with Crippen LogP contribution >= 0.6 is 0 Å². The van der Waals surface area contributed by atoms with Crippen LogP contribution in [0.3, 0.4) is 0 Å². The number of hydrogen-bond donors (Lipinski definition) is 1. The van der Waals surface area contributed by atoms with Gasteiger partial charge in [0.05, 0.1) is 7.11 Å². The largest absolute Gasteiger partial charge is 0.469 e. The minimum atomic E-state index is -4.16. The number of ether oxygens (including phenoxy) is 1. The lowest BCUT2D eigenvalue weighted by Gasteiger charge is -2.30. The van der Waals surface area contributed by atoms with Crippen LogP contribution in [0, 0.1) is 5.92 Å². The van der Waals surface area contributed by atoms with Crippen LogP contribution < -0.4 is 5.32 Å². The molecule has 16 heavy (non-hydrogen) atoms. The number of halogens is 3. The zero-order valence-corrected chi connectivity index (χ0v) is 9.14. The second kappa shape index (κ2) is 5.52. The molecule has 6 heteroatoms. The van der Waals surface area contributed by atoms with E-state index < -0.39 is 12.2 Å². The maximum Gasteiger partial charge on any atom is 0.403 e. The van der Waals surface area contributed by atoms with Crippen molar-refractivity contribution < 1.29 is 22.7 Å². The summed E-state index contributed by atoms with van der Waals surface area (Å²) in [7, 11) is 1.31. The summed E-state index contributed by atoms with van der Waals surface area (Å²) in [4.78, 5) is 10.9. The molecule has 3 nitrogen and oxygen atoms in total. The number of hydrogen-bond acceptors (Lipinski definition) is 3. The van der Waals surface area contributed by atoms with Gasteiger partial charge in [0.1, 0.15) is 6.04 Å². The highest BCUT2D eigenvalue weighted by atomic mass is 19.4. The van der Waals surface area contributed by atoms with Gasteiger partial charge in [-0.3, -0.25) is 4.79 Å². The lowest BCUT2D eigenvalue weighted by molar-refractivity contribution is -0.162. The van der Waals surface area contributed by atoms with Gasteiger partial charge in [-0.2, -0.15) is 13.2 Å². The number of rotatable bonds is 3. The van der Waals surface area contributed by atoms with Gasteiger partial charge < -0.3 is 10.1 Å². The lowest BCUT2D eigenvalue weighted by Crippen LogP contribution is -2.47. The molecule has 2 atom stereocenters. The average Bonchev–Trinajstić information content (AvgIpc) is 2.25. The van der Waals surface area contributed by atoms with Gasteiger partial charge in [-0.05, 0) is 31.7 Å². The zero-order valence-electron chi connectivity index (χ0n) is 9.14. The fraction of sp³-hybridized carbons (Fsp3) is 0.900. The summed E-state index contributed by atoms with van der Waals surface area (Å²) in [5.74, 6) is -0.171. The Hall–Kier alpha value is -0.780. The van der Waals surface area contributed by atoms with Gasteiger partial charge >= 0.3 is 12.1 Å². The third-order valence-electron chi connectivity index (χ3n) is 2.90. The molecule has 0 aromatic rings. The first-order chi connectivity index (χ1) is 7.43. The Morgan fingerprint density at radius 2 is 2.12 bits per heavy atom. The summed E-state index contributed by atoms with van der Waals surface area (Å²) in [6.45, 7) is 0.321. The highest BCUT2D eigenvalue weighted by molar-refractivity contribution is 5.69. The molecule has 0 aliphatic carbocycles. The van der Waals surface area contributed by atoms with E-state index in [2.05, 4.69) is 10.1 Å². The van der Waals surface area contributed by atoms with E-state index >= 15 is 0 Å². The van der Waals surface area contributed by atoms with Crippen LogP contribution in [-0.4, -0.2) is 31.8 Å². The smallest absolute Gasteiger partial charge is 0.403 e. The molecule has 1 saturated heterocycles. The normalized spacial score (nSPS) is 26.5. The number of alkyl halides is 3. The maximum atomic E-state index is 12.3. The molecule has 1 aliphatic rings. The van der Waals surface area contributed by atoms with Gasteiger partial charge in [0, 0.05) is 6.42 Å². The summed E-state index contributed by atoms with van der Waals surface area (Å²) in [6, 6.07) is -1.39. The summed E-state index contributed by atoms with van der Waals surface area (Å²) >= 11 is 0. The van der Waals surface area contributed by atoms with Crippen LogP contribution in [0.5, 0.6) is 0 Å². The second-order valence-electron chi connectivity index (χ2n) is 4.06. The quantitative estimate of drug-likeness (QED) is 0.764. The van der Waals surface area contributed by atoms with Crippen molar-refractivity contribution in [3.63, 3.8) is 0 Å². The molecule has 0 radical (unpaired) electrons. The van der Waals surface area contributed by atoms with Crippen LogP contribution in [-0.2, 0) is 9.53 Å². The van der Waals surface area contributed by atoms with Crippen molar-refractivity contribution in [2.75, 3.05) is 13.7 Å². The first-order valence-electron chi connectivity index (χ1n) is 5.30. The minimum absolute atomic E-state index is 0.0926. The topological polar surface area (TPSA) is 38.3 Å². The molecule has 0 aromatic carbocycles. The van der Waals surface area contributed by atoms with Crippen molar-refractivity contribution in [2.24, 2.45) is 5.92 Å². The number of esters is 1. The Morgan fingerprint density at radius 1 is 1.44 bits per heavy atom. The minimum Gasteiger partial charge on any atom is -0.469 e. The van der Waals surface area contributed by atoms with Crippen LogP contribution in [0.15, 0.2) is 0 Å². The van der Waals surface area contributed by atoms with Gasteiger partial charge in [-0.1, -0.05) is 0 Å². The molecule has 1 fully saturated rings. The van der Waals surface area contributed by atoms with Gasteiger partial charge in [0.2, 0.25) is 0 Å². The lowest BCUT2D eigenvalue weighted by atomic mass is 9.91. The third-order valence-corrected chi connectivity index (χ3v) is 2.90. The van der Waals surface area contributed by atoms with Crippen LogP contribution in [0.1, 0.15) is 25.7 Å². The Labute approximate surface area is 92.3 Å². The number of carbonyl (C=O) groups is 1. The molecule has 1 rings (SSSR count). The molecule has 1 aliphatic heterocycles. The molecule has 0 aromatic heterocycles. The molecule has 1 heterocycles. The first-order valence-corrected chi connectivity index (χ1v) is 5.30. The summed E-state index contributed by atoms with van der Waals surface area (Å²) in [5.41, 5.74) is 0. The number of methoxy groups -OCH3 is 1. The fourth-order valence-corrected chi connectivity index (χ4v) is 1.87. The van der Waals surface area contributed by atoms with Gasteiger partial charge in [0.15, 0.2) is 0 Å². The second-order valence-corrected chi connectivity index (χ2v) is 4.06. The molecule has 94 valence electrons. The van der Waals surface area contributed by atoms with Crippen LogP contribution in [0.4, 0.5) is 13.2 Å². The summed E-state index contributed by atoms with van der Waals surface area (Å²) in [6.07, 6.45) is -2.69. The predicted molar refractivity (Wildman–Crippen MR) is 51.8 cm³/mol. The third kappa shape index (κ3) is 4.00. The molecule has 0 spiro atoms. The summed E-state index contributed by atoms with van der Waals surface area (Å²) < 4.78 is 41.4. The van der Waals surface area contributed by atoms with Crippen molar-refractivity contribution in [3.8, 4) is 0 Å². The first kappa shape index (κ1) is 13.3. The van der Waals surface area contributed by atoms with E-state index in [4.69, 9.17) is 0 Å². The van der Waals surface area contributed by atoms with Crippen molar-refractivity contribution in [2.45, 2.75) is 37.9 Å². The van der Waals surface area contributed by atoms with E-state index in [1.165, 1.54) is 7.11 Å². The fourth-order valence-electron chi connectivity index (χ4n) is 1.87. The number of nitrogens with one attached hydrogen (secondary N) is 1. The monoisotopic (exact) mass is 239 g/mol. The molecular weight excluding hydrogens is 223 g/mol. The predicted octanol–water partition coefficient (Wildman–Crippen LogP) is 1.87. The molecule has 0 saturated carbocycles. The van der Waals surface area contributed by atoms with E-state index in [0.29, 0.717) is 19.4 Å². The van der Waals surface area contributed by atoms with E-state index in [-0.39, 0.29) is 24.7 Å². The Kier molecular flexibility index (Phi) is 4.58. The molecule has 2 unspecified atom stereocenters. The Bertz CT molecular complexity index is 235. The van der Waals surface area contributed by atoms with Crippen molar-refractivity contribution >= 4 is 5.97 Å². The van der Waals surface area contributed by atoms with Gasteiger partial charge in [0.25, 0.3) is 0 Å². The van der Waals surface area contributed by atoms with E-state index in [1.54, 1.807) is 0 Å². The van der Waals surface area contributed by atoms with Gasteiger partial charge in [-0.25, -0.2) is 0 Å². The SMILES string of the molecule is COC(=O)CCC1CCC(C(F)(F)F)NC1. The van der Waals surface area contributed by atoms with E-state index in [9.17, 15) is 18.0 Å². The Morgan fingerprint density at radius 3 is 2.56 bits per heavy atom. The average molecular weight is 239 g/mol. The zero-order chi connectivity index (χ0) is 12.2. The maximum absolute atomic E-state index is 12.3. The van der Waals surface area contributed by atoms with E-state index in [0.717, 1.165) is 0 Å². The standard InChI is InChI=1S/C10H16F3NO2/c1-16-9(15)5-3-7-2-4-8(14-6-7)10(11,12)13/h7-8,14H,2-6H2,1H3. The molecule has 0 bridgehead atoms. The van der Waals surface area contributed by atoms with Crippen LogP contribution in [0.25, 0.3) is 0 Å². The summed E-state index contributed by atoms with van der Waals surface area (Å²) in [5, 5.41) is 2.47.